The SMILES string of the molecule is CCC(C)(C)NC(=O)COc1ccc(Cl)cc1C(=O)O. The molecule has 6 heteroatoms. The lowest BCUT2D eigenvalue weighted by Gasteiger charge is -2.24. The fraction of sp³-hybridized carbons (Fsp3) is 0.429. The van der Waals surface area contributed by atoms with Crippen LogP contribution < -0.4 is 10.1 Å². The largest absolute Gasteiger partial charge is 0.483 e. The van der Waals surface area contributed by atoms with Crippen molar-refractivity contribution in [1.29, 1.82) is 0 Å². The Morgan fingerprint density at radius 2 is 2.05 bits per heavy atom. The third-order valence-electron chi connectivity index (χ3n) is 2.89. The van der Waals surface area contributed by atoms with E-state index in [1.54, 1.807) is 0 Å². The van der Waals surface area contributed by atoms with E-state index >= 15 is 0 Å². The number of hydrogen-bond donors (Lipinski definition) is 2. The minimum Gasteiger partial charge on any atom is -0.483 e. The van der Waals surface area contributed by atoms with Gasteiger partial charge in [-0.25, -0.2) is 4.79 Å². The molecule has 0 radical (unpaired) electrons. The number of rotatable bonds is 6. The molecular weight excluding hydrogens is 282 g/mol. The standard InChI is InChI=1S/C14H18ClNO4/c1-4-14(2,3)16-12(17)8-20-11-6-5-9(15)7-10(11)13(18)19/h5-7H,4,8H2,1-3H3,(H,16,17)(H,18,19). The van der Waals surface area contributed by atoms with Crippen LogP contribution in [0.4, 0.5) is 0 Å². The summed E-state index contributed by atoms with van der Waals surface area (Å²) in [6.07, 6.45) is 0.778. The summed E-state index contributed by atoms with van der Waals surface area (Å²) in [5, 5.41) is 12.1. The molecule has 0 spiro atoms. The summed E-state index contributed by atoms with van der Waals surface area (Å²) in [6.45, 7) is 5.51. The monoisotopic (exact) mass is 299 g/mol. The first-order chi connectivity index (χ1) is 9.25. The Bertz CT molecular complexity index is 514. The first-order valence-corrected chi connectivity index (χ1v) is 6.59. The summed E-state index contributed by atoms with van der Waals surface area (Å²) in [6, 6.07) is 4.23. The van der Waals surface area contributed by atoms with E-state index in [0.717, 1.165) is 6.42 Å². The van der Waals surface area contributed by atoms with Crippen molar-refractivity contribution in [2.45, 2.75) is 32.7 Å². The van der Waals surface area contributed by atoms with E-state index in [1.807, 2.05) is 20.8 Å². The Morgan fingerprint density at radius 1 is 1.40 bits per heavy atom. The zero-order valence-corrected chi connectivity index (χ0v) is 12.5. The number of nitrogens with one attached hydrogen (secondary N) is 1. The number of benzene rings is 1. The Hall–Kier alpha value is -1.75. The number of halogens is 1. The molecule has 2 N–H and O–H groups in total. The fourth-order valence-electron chi connectivity index (χ4n) is 1.44. The van der Waals surface area contributed by atoms with Crippen LogP contribution in [0, 0.1) is 0 Å². The van der Waals surface area contributed by atoms with E-state index in [4.69, 9.17) is 21.4 Å². The van der Waals surface area contributed by atoms with E-state index in [0.29, 0.717) is 5.02 Å². The Kier molecular flexibility index (Phi) is 5.39. The van der Waals surface area contributed by atoms with Gasteiger partial charge in [-0.3, -0.25) is 4.79 Å². The second-order valence-electron chi connectivity index (χ2n) is 5.02. The number of carbonyl (C=O) groups is 2. The van der Waals surface area contributed by atoms with Crippen molar-refractivity contribution < 1.29 is 19.4 Å². The maximum atomic E-state index is 11.7. The predicted octanol–water partition coefficient (Wildman–Crippen LogP) is 2.72. The van der Waals surface area contributed by atoms with Gasteiger partial charge in [0.25, 0.3) is 5.91 Å². The van der Waals surface area contributed by atoms with Crippen LogP contribution in [0.5, 0.6) is 5.75 Å². The molecule has 1 aromatic carbocycles. The number of aromatic carboxylic acids is 1. The lowest BCUT2D eigenvalue weighted by Crippen LogP contribution is -2.44. The van der Waals surface area contributed by atoms with Crippen LogP contribution in [0.1, 0.15) is 37.6 Å². The van der Waals surface area contributed by atoms with Crippen molar-refractivity contribution in [3.8, 4) is 5.75 Å². The zero-order chi connectivity index (χ0) is 15.3. The van der Waals surface area contributed by atoms with Crippen LogP contribution in [-0.4, -0.2) is 29.1 Å². The van der Waals surface area contributed by atoms with Crippen molar-refractivity contribution in [3.05, 3.63) is 28.8 Å². The number of hydrogen-bond acceptors (Lipinski definition) is 3. The average Bonchev–Trinajstić information content (AvgIpc) is 2.36. The maximum absolute atomic E-state index is 11.7. The highest BCUT2D eigenvalue weighted by Crippen LogP contribution is 2.22. The molecule has 20 heavy (non-hydrogen) atoms. The van der Waals surface area contributed by atoms with Crippen molar-refractivity contribution in [3.63, 3.8) is 0 Å². The van der Waals surface area contributed by atoms with Crippen LogP contribution in [0.3, 0.4) is 0 Å². The lowest BCUT2D eigenvalue weighted by atomic mass is 10.0. The van der Waals surface area contributed by atoms with Gasteiger partial charge in [0.2, 0.25) is 0 Å². The second kappa shape index (κ2) is 6.61. The smallest absolute Gasteiger partial charge is 0.339 e. The Labute approximate surface area is 122 Å². The normalized spacial score (nSPS) is 11.0. The highest BCUT2D eigenvalue weighted by Gasteiger charge is 2.19. The van der Waals surface area contributed by atoms with Crippen LogP contribution >= 0.6 is 11.6 Å². The van der Waals surface area contributed by atoms with Gasteiger partial charge in [0.05, 0.1) is 0 Å². The van der Waals surface area contributed by atoms with Gasteiger partial charge in [-0.15, -0.1) is 0 Å². The average molecular weight is 300 g/mol. The molecule has 0 aliphatic heterocycles. The molecule has 0 atom stereocenters. The summed E-state index contributed by atoms with van der Waals surface area (Å²) in [5.74, 6) is -1.34. The van der Waals surface area contributed by atoms with Crippen LogP contribution in [0.25, 0.3) is 0 Å². The van der Waals surface area contributed by atoms with Crippen LogP contribution in [-0.2, 0) is 4.79 Å². The number of carboxylic acids is 1. The third kappa shape index (κ3) is 4.74. The van der Waals surface area contributed by atoms with Gasteiger partial charge in [0, 0.05) is 10.6 Å². The number of carboxylic acid groups (broad SMARTS) is 1. The minimum atomic E-state index is -1.16. The molecule has 110 valence electrons. The first kappa shape index (κ1) is 16.3. The molecule has 0 unspecified atom stereocenters. The van der Waals surface area contributed by atoms with E-state index in [2.05, 4.69) is 5.32 Å². The van der Waals surface area contributed by atoms with Gasteiger partial charge < -0.3 is 15.2 Å². The molecular formula is C14H18ClNO4. The van der Waals surface area contributed by atoms with E-state index in [-0.39, 0.29) is 29.4 Å². The summed E-state index contributed by atoms with van der Waals surface area (Å²) in [4.78, 5) is 22.8. The molecule has 0 aromatic heterocycles. The van der Waals surface area contributed by atoms with Gasteiger partial charge in [-0.1, -0.05) is 18.5 Å². The molecule has 0 saturated heterocycles. The van der Waals surface area contributed by atoms with E-state index in [1.165, 1.54) is 18.2 Å². The molecule has 0 aliphatic carbocycles. The van der Waals surface area contributed by atoms with Gasteiger partial charge in [0.15, 0.2) is 6.61 Å². The summed E-state index contributed by atoms with van der Waals surface area (Å²) < 4.78 is 5.25. The van der Waals surface area contributed by atoms with Crippen LogP contribution in [0.15, 0.2) is 18.2 Å². The van der Waals surface area contributed by atoms with Crippen molar-refractivity contribution in [1.82, 2.24) is 5.32 Å². The minimum absolute atomic E-state index is 0.0694. The molecule has 0 heterocycles. The number of amides is 1. The molecule has 0 bridgehead atoms. The highest BCUT2D eigenvalue weighted by atomic mass is 35.5. The van der Waals surface area contributed by atoms with Crippen LogP contribution in [0.2, 0.25) is 5.02 Å². The van der Waals surface area contributed by atoms with E-state index < -0.39 is 5.97 Å². The molecule has 5 nitrogen and oxygen atoms in total. The van der Waals surface area contributed by atoms with Gasteiger partial charge >= 0.3 is 5.97 Å². The number of ether oxygens (including phenoxy) is 1. The molecule has 1 amide bonds. The van der Waals surface area contributed by atoms with Gasteiger partial charge in [0.1, 0.15) is 11.3 Å². The van der Waals surface area contributed by atoms with Gasteiger partial charge in [-0.05, 0) is 38.5 Å². The Balaban J connectivity index is 2.71. The first-order valence-electron chi connectivity index (χ1n) is 6.22. The summed E-state index contributed by atoms with van der Waals surface area (Å²) in [5.41, 5.74) is -0.393. The van der Waals surface area contributed by atoms with Crippen molar-refractivity contribution in [2.24, 2.45) is 0 Å². The molecule has 0 aliphatic rings. The Morgan fingerprint density at radius 3 is 2.60 bits per heavy atom. The highest BCUT2D eigenvalue weighted by molar-refractivity contribution is 6.31. The van der Waals surface area contributed by atoms with Gasteiger partial charge in [-0.2, -0.15) is 0 Å². The zero-order valence-electron chi connectivity index (χ0n) is 11.7. The lowest BCUT2D eigenvalue weighted by molar-refractivity contribution is -0.124. The molecule has 0 fully saturated rings. The molecule has 1 aromatic rings. The summed E-state index contributed by atoms with van der Waals surface area (Å²) in [7, 11) is 0. The molecule has 1 rings (SSSR count). The predicted molar refractivity (Wildman–Crippen MR) is 76.4 cm³/mol. The topological polar surface area (TPSA) is 75.6 Å². The molecule has 0 saturated carbocycles. The quantitative estimate of drug-likeness (QED) is 0.847. The van der Waals surface area contributed by atoms with E-state index in [9.17, 15) is 9.59 Å². The third-order valence-corrected chi connectivity index (χ3v) is 3.13. The van der Waals surface area contributed by atoms with Crippen molar-refractivity contribution in [2.75, 3.05) is 6.61 Å². The second-order valence-corrected chi connectivity index (χ2v) is 5.46. The van der Waals surface area contributed by atoms with Crippen molar-refractivity contribution >= 4 is 23.5 Å². The summed E-state index contributed by atoms with van der Waals surface area (Å²) >= 11 is 5.73. The maximum Gasteiger partial charge on any atom is 0.339 e. The number of carbonyl (C=O) groups excluding carboxylic acids is 1. The fourth-order valence-corrected chi connectivity index (χ4v) is 1.61.